The van der Waals surface area contributed by atoms with E-state index in [1.54, 1.807) is 13.8 Å². The zero-order chi connectivity index (χ0) is 22.1. The van der Waals surface area contributed by atoms with E-state index in [2.05, 4.69) is 18.5 Å². The van der Waals surface area contributed by atoms with Gasteiger partial charge >= 0.3 is 11.9 Å². The maximum absolute atomic E-state index is 11.0. The van der Waals surface area contributed by atoms with Crippen LogP contribution in [-0.2, 0) is 28.5 Å². The molecule has 0 heterocycles. The second-order valence-corrected chi connectivity index (χ2v) is 6.19. The molecule has 1 rings (SSSR count). The number of nitrogens with one attached hydrogen (secondary N) is 1. The smallest absolute Gasteiger partial charge is 0.330 e. The van der Waals surface area contributed by atoms with E-state index in [0.717, 1.165) is 17.8 Å². The summed E-state index contributed by atoms with van der Waals surface area (Å²) in [6.45, 7) is 12.7. The van der Waals surface area contributed by atoms with E-state index < -0.39 is 11.9 Å². The molecule has 3 atom stereocenters. The Bertz CT molecular complexity index is 605. The van der Waals surface area contributed by atoms with Crippen molar-refractivity contribution in [3.8, 4) is 0 Å². The molecule has 7 nitrogen and oxygen atoms in total. The highest BCUT2D eigenvalue weighted by atomic mass is 16.6. The number of hydrogen-bond donors (Lipinski definition) is 1. The number of esters is 2. The van der Waals surface area contributed by atoms with Gasteiger partial charge in [0, 0.05) is 24.9 Å². The molecule has 7 heteroatoms. The summed E-state index contributed by atoms with van der Waals surface area (Å²) in [4.78, 5) is 21.8. The Hall–Kier alpha value is -2.64. The third-order valence-electron chi connectivity index (χ3n) is 3.40. The topological polar surface area (TPSA) is 83.1 Å². The van der Waals surface area contributed by atoms with Crippen molar-refractivity contribution in [1.82, 2.24) is 0 Å². The lowest BCUT2D eigenvalue weighted by molar-refractivity contribution is -0.148. The lowest BCUT2D eigenvalue weighted by Crippen LogP contribution is -2.27. The molecule has 0 radical (unpaired) electrons. The maximum Gasteiger partial charge on any atom is 0.330 e. The average molecular weight is 408 g/mol. The van der Waals surface area contributed by atoms with Gasteiger partial charge in [0.25, 0.3) is 0 Å². The summed E-state index contributed by atoms with van der Waals surface area (Å²) < 4.78 is 20.8. The monoisotopic (exact) mass is 407 g/mol. The fourth-order valence-corrected chi connectivity index (χ4v) is 1.84. The zero-order valence-electron chi connectivity index (χ0n) is 17.8. The first-order valence-corrected chi connectivity index (χ1v) is 9.40. The second-order valence-electron chi connectivity index (χ2n) is 6.19. The van der Waals surface area contributed by atoms with Gasteiger partial charge in [-0.25, -0.2) is 9.59 Å². The number of hydrogen-bond acceptors (Lipinski definition) is 7. The molecular weight excluding hydrogens is 374 g/mol. The van der Waals surface area contributed by atoms with Crippen LogP contribution in [0.15, 0.2) is 55.6 Å². The predicted octanol–water partition coefficient (Wildman–Crippen LogP) is 3.37. The third kappa shape index (κ3) is 15.0. The predicted molar refractivity (Wildman–Crippen MR) is 114 cm³/mol. The lowest BCUT2D eigenvalue weighted by Gasteiger charge is -2.19. The highest BCUT2D eigenvalue weighted by Crippen LogP contribution is 2.02. The van der Waals surface area contributed by atoms with E-state index in [1.807, 2.05) is 44.3 Å². The van der Waals surface area contributed by atoms with E-state index in [9.17, 15) is 9.59 Å². The number of ether oxygens (including phenoxy) is 4. The second kappa shape index (κ2) is 16.3. The molecule has 0 amide bonds. The number of para-hydroxylation sites is 1. The van der Waals surface area contributed by atoms with Crippen molar-refractivity contribution in [3.05, 3.63) is 55.6 Å². The van der Waals surface area contributed by atoms with E-state index in [4.69, 9.17) is 18.9 Å². The normalized spacial score (nSPS) is 13.0. The number of anilines is 1. The number of carbonyl (C=O) groups is 2. The van der Waals surface area contributed by atoms with Gasteiger partial charge in [-0.2, -0.15) is 0 Å². The summed E-state index contributed by atoms with van der Waals surface area (Å²) in [6.07, 6.45) is 1.44. The molecule has 162 valence electrons. The van der Waals surface area contributed by atoms with Crippen molar-refractivity contribution >= 4 is 17.6 Å². The van der Waals surface area contributed by atoms with Gasteiger partial charge < -0.3 is 24.3 Å². The fourth-order valence-electron chi connectivity index (χ4n) is 1.84. The summed E-state index contributed by atoms with van der Waals surface area (Å²) in [5.41, 5.74) is 1.16. The van der Waals surface area contributed by atoms with E-state index in [0.29, 0.717) is 6.61 Å². The van der Waals surface area contributed by atoms with Crippen molar-refractivity contribution in [2.24, 2.45) is 0 Å². The zero-order valence-corrected chi connectivity index (χ0v) is 17.8. The van der Waals surface area contributed by atoms with Crippen molar-refractivity contribution in [2.75, 3.05) is 32.2 Å². The SMILES string of the molecule is C=CC(=O)OCC(C)OCC(C)OCC(C)OC(=O)C=C.CNc1ccccc1. The van der Waals surface area contributed by atoms with Gasteiger partial charge in [0.1, 0.15) is 12.7 Å². The maximum atomic E-state index is 11.0. The molecule has 1 aromatic carbocycles. The first kappa shape index (κ1) is 26.4. The van der Waals surface area contributed by atoms with Crippen molar-refractivity contribution in [2.45, 2.75) is 39.1 Å². The van der Waals surface area contributed by atoms with Crippen LogP contribution in [0.2, 0.25) is 0 Å². The molecule has 0 saturated carbocycles. The first-order chi connectivity index (χ1) is 13.8. The average Bonchev–Trinajstić information content (AvgIpc) is 2.75. The molecule has 0 saturated heterocycles. The summed E-state index contributed by atoms with van der Waals surface area (Å²) >= 11 is 0. The highest BCUT2D eigenvalue weighted by molar-refractivity contribution is 5.81. The van der Waals surface area contributed by atoms with E-state index >= 15 is 0 Å². The van der Waals surface area contributed by atoms with Gasteiger partial charge in [0.15, 0.2) is 0 Å². The minimum atomic E-state index is -0.479. The van der Waals surface area contributed by atoms with Gasteiger partial charge in [-0.3, -0.25) is 0 Å². The number of benzene rings is 1. The van der Waals surface area contributed by atoms with Crippen LogP contribution >= 0.6 is 0 Å². The summed E-state index contributed by atoms with van der Waals surface area (Å²) in [5.74, 6) is -0.958. The van der Waals surface area contributed by atoms with Gasteiger partial charge in [-0.1, -0.05) is 31.4 Å². The Morgan fingerprint density at radius 3 is 1.90 bits per heavy atom. The van der Waals surface area contributed by atoms with Crippen LogP contribution in [0.25, 0.3) is 0 Å². The molecule has 0 fully saturated rings. The molecule has 1 aromatic rings. The Morgan fingerprint density at radius 1 is 0.897 bits per heavy atom. The van der Waals surface area contributed by atoms with Crippen molar-refractivity contribution in [3.63, 3.8) is 0 Å². The quantitative estimate of drug-likeness (QED) is 0.420. The van der Waals surface area contributed by atoms with Crippen LogP contribution < -0.4 is 5.32 Å². The molecule has 29 heavy (non-hydrogen) atoms. The van der Waals surface area contributed by atoms with E-state index in [-0.39, 0.29) is 31.5 Å². The molecule has 0 aliphatic carbocycles. The molecule has 0 spiro atoms. The Kier molecular flexibility index (Phi) is 14.8. The van der Waals surface area contributed by atoms with Crippen molar-refractivity contribution in [1.29, 1.82) is 0 Å². The molecule has 1 N–H and O–H groups in total. The number of rotatable bonds is 12. The van der Waals surface area contributed by atoms with Crippen LogP contribution in [0.4, 0.5) is 5.69 Å². The Labute approximate surface area is 173 Å². The molecular formula is C22H33NO6. The van der Waals surface area contributed by atoms with Crippen LogP contribution in [0.3, 0.4) is 0 Å². The van der Waals surface area contributed by atoms with Gasteiger partial charge in [0.05, 0.1) is 25.4 Å². The molecule has 3 unspecified atom stereocenters. The summed E-state index contributed by atoms with van der Waals surface area (Å²) in [5, 5.41) is 3.03. The van der Waals surface area contributed by atoms with Crippen LogP contribution in [0.5, 0.6) is 0 Å². The van der Waals surface area contributed by atoms with Crippen LogP contribution in [0, 0.1) is 0 Å². The largest absolute Gasteiger partial charge is 0.460 e. The van der Waals surface area contributed by atoms with E-state index in [1.165, 1.54) is 0 Å². The summed E-state index contributed by atoms with van der Waals surface area (Å²) in [6, 6.07) is 10.1. The Balaban J connectivity index is 0.000000807. The Morgan fingerprint density at radius 2 is 1.41 bits per heavy atom. The standard InChI is InChI=1S/C15H24O6.C7H9N/c1-6-14(16)20-9-12(4)18-8-11(3)19-10-13(5)21-15(17)7-2;1-8-7-5-3-2-4-6-7/h6-7,11-13H,1-2,8-10H2,3-5H3;2-6,8H,1H3. The fraction of sp³-hybridized carbons (Fsp3) is 0.455. The molecule has 0 aliphatic rings. The van der Waals surface area contributed by atoms with Crippen LogP contribution in [0.1, 0.15) is 20.8 Å². The van der Waals surface area contributed by atoms with Gasteiger partial charge in [-0.15, -0.1) is 0 Å². The van der Waals surface area contributed by atoms with Gasteiger partial charge in [0.2, 0.25) is 0 Å². The lowest BCUT2D eigenvalue weighted by atomic mass is 10.3. The van der Waals surface area contributed by atoms with Crippen molar-refractivity contribution < 1.29 is 28.5 Å². The van der Waals surface area contributed by atoms with Crippen LogP contribution in [-0.4, -0.2) is 57.1 Å². The third-order valence-corrected chi connectivity index (χ3v) is 3.40. The molecule has 0 bridgehead atoms. The minimum absolute atomic E-state index is 0.158. The van der Waals surface area contributed by atoms with Gasteiger partial charge in [-0.05, 0) is 32.9 Å². The summed E-state index contributed by atoms with van der Waals surface area (Å²) in [7, 11) is 1.91. The molecule has 0 aromatic heterocycles. The molecule has 0 aliphatic heterocycles. The first-order valence-electron chi connectivity index (χ1n) is 9.40. The highest BCUT2D eigenvalue weighted by Gasteiger charge is 2.12. The minimum Gasteiger partial charge on any atom is -0.460 e. The number of carbonyl (C=O) groups excluding carboxylic acids is 2.